The molecule has 2 aromatic rings. The Morgan fingerprint density at radius 1 is 1.03 bits per heavy atom. The highest BCUT2D eigenvalue weighted by molar-refractivity contribution is 5.82. The molecule has 37 heavy (non-hydrogen) atoms. The van der Waals surface area contributed by atoms with Gasteiger partial charge in [-0.3, -0.25) is 4.79 Å². The van der Waals surface area contributed by atoms with Crippen molar-refractivity contribution in [3.63, 3.8) is 0 Å². The van der Waals surface area contributed by atoms with Crippen LogP contribution in [0, 0.1) is 18.8 Å². The molecule has 4 aliphatic rings. The van der Waals surface area contributed by atoms with Gasteiger partial charge in [0.1, 0.15) is 0 Å². The molecule has 1 unspecified atom stereocenters. The minimum Gasteiger partial charge on any atom is -0.339 e. The third kappa shape index (κ3) is 4.74. The maximum absolute atomic E-state index is 14.7. The van der Waals surface area contributed by atoms with Gasteiger partial charge < -0.3 is 15.5 Å². The van der Waals surface area contributed by atoms with E-state index in [1.807, 2.05) is 0 Å². The number of likely N-dealkylation sites (tertiary alicyclic amines) is 1. The predicted octanol–water partition coefficient (Wildman–Crippen LogP) is 4.16. The molecule has 1 aliphatic carbocycles. The summed E-state index contributed by atoms with van der Waals surface area (Å²) in [4.78, 5) is 20.7. The third-order valence-electron chi connectivity index (χ3n) is 10.1. The average molecular weight is 502 g/mol. The molecule has 5 atom stereocenters. The van der Waals surface area contributed by atoms with Crippen molar-refractivity contribution in [3.05, 3.63) is 65.0 Å². The lowest BCUT2D eigenvalue weighted by Gasteiger charge is -2.47. The van der Waals surface area contributed by atoms with Crippen LogP contribution in [0.4, 0.5) is 0 Å². The van der Waals surface area contributed by atoms with Gasteiger partial charge in [-0.1, -0.05) is 49.6 Å². The van der Waals surface area contributed by atoms with Crippen molar-refractivity contribution in [2.24, 2.45) is 11.8 Å². The number of piperidine rings is 1. The molecule has 0 radical (unpaired) electrons. The Bertz CT molecular complexity index is 1100. The number of amides is 1. The SMILES string of the molecule is Cc1ccc2c([nH+]1)CC(C)NC[C@]21CNC[C@H]1C(=O)N1CC[C@@H](c2ccccc2)C[C@H]1C1CCCCC1. The number of benzene rings is 1. The number of aromatic amines is 1. The molecule has 3 fully saturated rings. The average Bonchev–Trinajstić information content (AvgIpc) is 3.31. The van der Waals surface area contributed by atoms with E-state index in [-0.39, 0.29) is 11.3 Å². The molecule has 1 aromatic heterocycles. The second-order valence-electron chi connectivity index (χ2n) is 12.5. The van der Waals surface area contributed by atoms with Gasteiger partial charge in [-0.05, 0) is 56.1 Å². The Morgan fingerprint density at radius 3 is 2.65 bits per heavy atom. The van der Waals surface area contributed by atoms with E-state index in [1.165, 1.54) is 54.6 Å². The summed E-state index contributed by atoms with van der Waals surface area (Å²) in [6.07, 6.45) is 9.72. The van der Waals surface area contributed by atoms with Gasteiger partial charge in [-0.2, -0.15) is 0 Å². The zero-order chi connectivity index (χ0) is 25.4. The molecule has 6 rings (SSSR count). The summed E-state index contributed by atoms with van der Waals surface area (Å²) in [7, 11) is 0. The van der Waals surface area contributed by atoms with Crippen LogP contribution >= 0.6 is 0 Å². The molecule has 1 aromatic carbocycles. The standard InChI is InChI=1S/C32H44N4O/c1-22-13-14-27-29(35-22)17-23(2)34-21-32(27)20-33-19-28(32)31(37)36-16-15-26(24-9-5-3-6-10-24)18-30(36)25-11-7-4-8-12-25/h3,5-6,9-10,13-14,23,25-26,28,30,33-34H,4,7-8,11-12,15-21H2,1-2H3/p+1/t23?,26-,28+,30+,32-/m1/s1. The van der Waals surface area contributed by atoms with Crippen LogP contribution in [0.5, 0.6) is 0 Å². The lowest BCUT2D eigenvalue weighted by atomic mass is 9.70. The monoisotopic (exact) mass is 501 g/mol. The molecule has 2 saturated heterocycles. The Morgan fingerprint density at radius 2 is 1.84 bits per heavy atom. The fraction of sp³-hybridized carbons (Fsp3) is 0.625. The van der Waals surface area contributed by atoms with Crippen molar-refractivity contribution in [2.45, 2.75) is 88.6 Å². The topological polar surface area (TPSA) is 58.5 Å². The van der Waals surface area contributed by atoms with Gasteiger partial charge in [0.2, 0.25) is 5.91 Å². The van der Waals surface area contributed by atoms with Crippen LogP contribution in [0.15, 0.2) is 42.5 Å². The third-order valence-corrected chi connectivity index (χ3v) is 10.1. The summed E-state index contributed by atoms with van der Waals surface area (Å²) in [5.41, 5.74) is 5.11. The van der Waals surface area contributed by atoms with E-state index in [9.17, 15) is 4.79 Å². The highest BCUT2D eigenvalue weighted by Gasteiger charge is 2.53. The zero-order valence-corrected chi connectivity index (χ0v) is 22.8. The van der Waals surface area contributed by atoms with Gasteiger partial charge in [0.05, 0.1) is 5.92 Å². The van der Waals surface area contributed by atoms with E-state index in [2.05, 4.69) is 76.8 Å². The molecule has 3 N–H and O–H groups in total. The minimum absolute atomic E-state index is 0.0282. The van der Waals surface area contributed by atoms with Crippen LogP contribution < -0.4 is 15.6 Å². The molecule has 0 bridgehead atoms. The number of rotatable bonds is 3. The fourth-order valence-electron chi connectivity index (χ4n) is 8.13. The van der Waals surface area contributed by atoms with Crippen LogP contribution in [-0.4, -0.2) is 49.1 Å². The number of pyridine rings is 1. The number of hydrogen-bond donors (Lipinski definition) is 2. The Balaban J connectivity index is 1.32. The van der Waals surface area contributed by atoms with Gasteiger partial charge in [-0.15, -0.1) is 0 Å². The van der Waals surface area contributed by atoms with Crippen LogP contribution in [0.1, 0.15) is 80.3 Å². The highest BCUT2D eigenvalue weighted by atomic mass is 16.2. The van der Waals surface area contributed by atoms with E-state index in [0.29, 0.717) is 29.8 Å². The quantitative estimate of drug-likeness (QED) is 0.664. The molecule has 3 aliphatic heterocycles. The number of nitrogens with zero attached hydrogens (tertiary/aromatic N) is 1. The molecular formula is C32H45N4O+. The Labute approximate surface area is 222 Å². The molecule has 1 saturated carbocycles. The molecule has 5 nitrogen and oxygen atoms in total. The number of carbonyl (C=O) groups excluding carboxylic acids is 1. The molecule has 1 spiro atoms. The Kier molecular flexibility index (Phi) is 7.11. The van der Waals surface area contributed by atoms with Gasteiger partial charge in [0.25, 0.3) is 0 Å². The van der Waals surface area contributed by atoms with Gasteiger partial charge in [0.15, 0.2) is 11.4 Å². The molecule has 4 heterocycles. The van der Waals surface area contributed by atoms with Crippen molar-refractivity contribution in [1.82, 2.24) is 15.5 Å². The predicted molar refractivity (Wildman–Crippen MR) is 147 cm³/mol. The number of H-pyrrole nitrogens is 1. The first-order chi connectivity index (χ1) is 18.0. The minimum atomic E-state index is -0.200. The lowest BCUT2D eigenvalue weighted by Crippen LogP contribution is -2.56. The molecule has 198 valence electrons. The van der Waals surface area contributed by atoms with Gasteiger partial charge >= 0.3 is 0 Å². The number of carbonyl (C=O) groups is 1. The molecule has 1 amide bonds. The second-order valence-corrected chi connectivity index (χ2v) is 12.5. The van der Waals surface area contributed by atoms with Crippen molar-refractivity contribution >= 4 is 5.91 Å². The first kappa shape index (κ1) is 25.1. The van der Waals surface area contributed by atoms with E-state index >= 15 is 0 Å². The van der Waals surface area contributed by atoms with Crippen LogP contribution in [-0.2, 0) is 16.6 Å². The zero-order valence-electron chi connectivity index (χ0n) is 22.8. The molecular weight excluding hydrogens is 456 g/mol. The second kappa shape index (κ2) is 10.5. The number of fused-ring (bicyclic) bond motifs is 2. The van der Waals surface area contributed by atoms with E-state index in [4.69, 9.17) is 0 Å². The highest BCUT2D eigenvalue weighted by Crippen LogP contribution is 2.43. The van der Waals surface area contributed by atoms with Crippen molar-refractivity contribution in [2.75, 3.05) is 26.2 Å². The van der Waals surface area contributed by atoms with Gasteiger partial charge in [-0.25, -0.2) is 4.98 Å². The lowest BCUT2D eigenvalue weighted by molar-refractivity contribution is -0.400. The van der Waals surface area contributed by atoms with Crippen molar-refractivity contribution in [1.29, 1.82) is 0 Å². The largest absolute Gasteiger partial charge is 0.339 e. The van der Waals surface area contributed by atoms with E-state index in [0.717, 1.165) is 45.4 Å². The van der Waals surface area contributed by atoms with Gasteiger partial charge in [0, 0.05) is 68.7 Å². The van der Waals surface area contributed by atoms with Crippen LogP contribution in [0.3, 0.4) is 0 Å². The van der Waals surface area contributed by atoms with Crippen LogP contribution in [0.2, 0.25) is 0 Å². The summed E-state index contributed by atoms with van der Waals surface area (Å²) in [5, 5.41) is 7.48. The maximum atomic E-state index is 14.7. The maximum Gasteiger partial charge on any atom is 0.228 e. The first-order valence-electron chi connectivity index (χ1n) is 14.9. The van der Waals surface area contributed by atoms with E-state index < -0.39 is 0 Å². The Hall–Kier alpha value is -2.24. The van der Waals surface area contributed by atoms with Crippen molar-refractivity contribution < 1.29 is 9.78 Å². The smallest absolute Gasteiger partial charge is 0.228 e. The fourth-order valence-corrected chi connectivity index (χ4v) is 8.13. The molecule has 5 heteroatoms. The normalized spacial score (nSPS) is 32.8. The summed E-state index contributed by atoms with van der Waals surface area (Å²) in [6, 6.07) is 16.3. The summed E-state index contributed by atoms with van der Waals surface area (Å²) < 4.78 is 0. The summed E-state index contributed by atoms with van der Waals surface area (Å²) in [5.74, 6) is 1.58. The number of hydrogen-bond acceptors (Lipinski definition) is 3. The van der Waals surface area contributed by atoms with Crippen molar-refractivity contribution in [3.8, 4) is 0 Å². The number of aryl methyl sites for hydroxylation is 1. The summed E-state index contributed by atoms with van der Waals surface area (Å²) >= 11 is 0. The summed E-state index contributed by atoms with van der Waals surface area (Å²) in [6.45, 7) is 7.79. The van der Waals surface area contributed by atoms with Crippen LogP contribution in [0.25, 0.3) is 0 Å². The first-order valence-corrected chi connectivity index (χ1v) is 14.9. The number of nitrogens with one attached hydrogen (secondary N) is 3. The van der Waals surface area contributed by atoms with E-state index in [1.54, 1.807) is 0 Å². The number of aromatic nitrogens is 1.